The second-order valence-corrected chi connectivity index (χ2v) is 7.96. The van der Waals surface area contributed by atoms with Gasteiger partial charge in [0.25, 0.3) is 5.91 Å². The minimum atomic E-state index is -0.648. The molecule has 1 aromatic rings. The summed E-state index contributed by atoms with van der Waals surface area (Å²) in [7, 11) is 1.66. The van der Waals surface area contributed by atoms with E-state index in [1.807, 2.05) is 13.8 Å². The van der Waals surface area contributed by atoms with Crippen molar-refractivity contribution in [2.45, 2.75) is 65.0 Å². The van der Waals surface area contributed by atoms with Gasteiger partial charge in [-0.15, -0.1) is 0 Å². The molecule has 3 rings (SSSR count). The molecule has 1 amide bonds. The fourth-order valence-electron chi connectivity index (χ4n) is 4.50. The van der Waals surface area contributed by atoms with E-state index in [0.29, 0.717) is 31.6 Å². The predicted octanol–water partition coefficient (Wildman–Crippen LogP) is 3.66. The van der Waals surface area contributed by atoms with Crippen LogP contribution >= 0.6 is 0 Å². The Morgan fingerprint density at radius 2 is 1.78 bits per heavy atom. The first-order valence-corrected chi connectivity index (χ1v) is 9.75. The molecule has 0 atom stereocenters. The zero-order valence-corrected chi connectivity index (χ0v) is 17.1. The smallest absolute Gasteiger partial charge is 0.256 e. The first-order valence-electron chi connectivity index (χ1n) is 9.75. The quantitative estimate of drug-likeness (QED) is 0.773. The minimum Gasteiger partial charge on any atom is -0.509 e. The Labute approximate surface area is 161 Å². The summed E-state index contributed by atoms with van der Waals surface area (Å²) in [5.74, 6) is 0.0398. The third kappa shape index (κ3) is 3.50. The summed E-state index contributed by atoms with van der Waals surface area (Å²) in [6.45, 7) is 9.34. The molecule has 1 heterocycles. The number of nitrogens with one attached hydrogen (secondary N) is 1. The van der Waals surface area contributed by atoms with E-state index >= 15 is 0 Å². The highest BCUT2D eigenvalue weighted by Crippen LogP contribution is 2.43. The lowest BCUT2D eigenvalue weighted by Gasteiger charge is -2.37. The zero-order valence-electron chi connectivity index (χ0n) is 17.1. The number of methoxy groups -OCH3 is 1. The lowest BCUT2D eigenvalue weighted by molar-refractivity contribution is -0.116. The standard InChI is InChI=1S/C22H31NO4/c1-13-12-14(2)18(16(4)15(13)3)19-20(24)22(23-21(19)25)8-6-17(7-9-22)27-11-10-26-5/h12,17,24H,6-11H2,1-5H3,(H,23,25). The lowest BCUT2D eigenvalue weighted by Crippen LogP contribution is -2.48. The van der Waals surface area contributed by atoms with Crippen LogP contribution in [0.2, 0.25) is 0 Å². The number of ether oxygens (including phenoxy) is 2. The summed E-state index contributed by atoms with van der Waals surface area (Å²) < 4.78 is 10.9. The summed E-state index contributed by atoms with van der Waals surface area (Å²) in [5, 5.41) is 14.2. The van der Waals surface area contributed by atoms with Crippen LogP contribution < -0.4 is 5.32 Å². The van der Waals surface area contributed by atoms with Gasteiger partial charge < -0.3 is 19.9 Å². The number of aliphatic hydroxyl groups excluding tert-OH is 1. The first-order chi connectivity index (χ1) is 12.8. The molecule has 0 saturated heterocycles. The maximum Gasteiger partial charge on any atom is 0.256 e. The number of rotatable bonds is 5. The summed E-state index contributed by atoms with van der Waals surface area (Å²) in [4.78, 5) is 12.9. The molecule has 2 aliphatic rings. The molecule has 27 heavy (non-hydrogen) atoms. The Balaban J connectivity index is 1.88. The van der Waals surface area contributed by atoms with Gasteiger partial charge in [0.1, 0.15) is 5.76 Å². The van der Waals surface area contributed by atoms with Gasteiger partial charge in [-0.1, -0.05) is 6.07 Å². The fourth-order valence-corrected chi connectivity index (χ4v) is 4.50. The Morgan fingerprint density at radius 1 is 1.11 bits per heavy atom. The highest BCUT2D eigenvalue weighted by Gasteiger charge is 2.48. The molecule has 1 saturated carbocycles. The van der Waals surface area contributed by atoms with Gasteiger partial charge in [-0.05, 0) is 81.2 Å². The molecule has 1 fully saturated rings. The Bertz CT molecular complexity index is 773. The molecule has 0 bridgehead atoms. The Hall–Kier alpha value is -1.85. The Morgan fingerprint density at radius 3 is 2.41 bits per heavy atom. The van der Waals surface area contributed by atoms with Crippen LogP contribution in [0.25, 0.3) is 5.57 Å². The van der Waals surface area contributed by atoms with Crippen LogP contribution in [0.3, 0.4) is 0 Å². The second-order valence-electron chi connectivity index (χ2n) is 7.96. The first kappa shape index (κ1) is 19.9. The number of aliphatic hydroxyl groups is 1. The molecule has 1 aromatic carbocycles. The third-order valence-electron chi connectivity index (χ3n) is 6.30. The number of amides is 1. The molecule has 0 aromatic heterocycles. The monoisotopic (exact) mass is 373 g/mol. The molecule has 0 radical (unpaired) electrons. The zero-order chi connectivity index (χ0) is 19.8. The van der Waals surface area contributed by atoms with Crippen molar-refractivity contribution >= 4 is 11.5 Å². The SMILES string of the molecule is COCCOC1CCC2(CC1)NC(=O)C(c1c(C)cc(C)c(C)c1C)=C2O. The maximum atomic E-state index is 12.9. The number of aryl methyl sites for hydroxylation is 2. The van der Waals surface area contributed by atoms with Gasteiger partial charge in [-0.3, -0.25) is 4.79 Å². The van der Waals surface area contributed by atoms with Gasteiger partial charge in [0, 0.05) is 7.11 Å². The van der Waals surface area contributed by atoms with Crippen LogP contribution in [0.4, 0.5) is 0 Å². The molecule has 0 unspecified atom stereocenters. The van der Waals surface area contributed by atoms with Crippen molar-refractivity contribution in [3.8, 4) is 0 Å². The molecule has 148 valence electrons. The summed E-state index contributed by atoms with van der Waals surface area (Å²) in [6.07, 6.45) is 3.16. The average molecular weight is 373 g/mol. The van der Waals surface area contributed by atoms with Gasteiger partial charge in [-0.2, -0.15) is 0 Å². The largest absolute Gasteiger partial charge is 0.509 e. The van der Waals surface area contributed by atoms with Crippen LogP contribution in [0.15, 0.2) is 11.8 Å². The molecule has 5 heteroatoms. The van der Waals surface area contributed by atoms with Crippen molar-refractivity contribution in [1.82, 2.24) is 5.32 Å². The van der Waals surface area contributed by atoms with E-state index in [2.05, 4.69) is 25.2 Å². The van der Waals surface area contributed by atoms with Gasteiger partial charge >= 0.3 is 0 Å². The third-order valence-corrected chi connectivity index (χ3v) is 6.30. The molecule has 5 nitrogen and oxygen atoms in total. The van der Waals surface area contributed by atoms with E-state index in [-0.39, 0.29) is 17.8 Å². The van der Waals surface area contributed by atoms with E-state index in [1.165, 1.54) is 11.1 Å². The van der Waals surface area contributed by atoms with E-state index in [9.17, 15) is 9.90 Å². The van der Waals surface area contributed by atoms with Crippen LogP contribution in [0.5, 0.6) is 0 Å². The molecule has 1 aliphatic carbocycles. The van der Waals surface area contributed by atoms with Gasteiger partial charge in [0.15, 0.2) is 0 Å². The van der Waals surface area contributed by atoms with E-state index in [0.717, 1.165) is 29.5 Å². The van der Waals surface area contributed by atoms with Crippen LogP contribution in [0, 0.1) is 27.7 Å². The van der Waals surface area contributed by atoms with Crippen LogP contribution in [-0.2, 0) is 14.3 Å². The molecular weight excluding hydrogens is 342 g/mol. The van der Waals surface area contributed by atoms with E-state index in [4.69, 9.17) is 9.47 Å². The number of carbonyl (C=O) groups is 1. The molecule has 1 spiro atoms. The van der Waals surface area contributed by atoms with E-state index < -0.39 is 5.54 Å². The van der Waals surface area contributed by atoms with Crippen molar-refractivity contribution < 1.29 is 19.4 Å². The number of hydrogen-bond acceptors (Lipinski definition) is 4. The van der Waals surface area contributed by atoms with Crippen molar-refractivity contribution in [1.29, 1.82) is 0 Å². The molecule has 1 aliphatic heterocycles. The molecule has 2 N–H and O–H groups in total. The van der Waals surface area contributed by atoms with Gasteiger partial charge in [0.2, 0.25) is 0 Å². The van der Waals surface area contributed by atoms with Crippen molar-refractivity contribution in [2.75, 3.05) is 20.3 Å². The maximum absolute atomic E-state index is 12.9. The van der Waals surface area contributed by atoms with Crippen molar-refractivity contribution in [3.05, 3.63) is 39.6 Å². The topological polar surface area (TPSA) is 67.8 Å². The predicted molar refractivity (Wildman–Crippen MR) is 106 cm³/mol. The summed E-state index contributed by atoms with van der Waals surface area (Å²) in [6, 6.07) is 2.09. The minimum absolute atomic E-state index is 0.157. The van der Waals surface area contributed by atoms with Crippen LogP contribution in [0.1, 0.15) is 53.5 Å². The summed E-state index contributed by atoms with van der Waals surface area (Å²) >= 11 is 0. The van der Waals surface area contributed by atoms with Gasteiger partial charge in [0.05, 0.1) is 30.4 Å². The number of carbonyl (C=O) groups excluding carboxylic acids is 1. The van der Waals surface area contributed by atoms with E-state index in [1.54, 1.807) is 7.11 Å². The fraction of sp³-hybridized carbons (Fsp3) is 0.591. The highest BCUT2D eigenvalue weighted by molar-refractivity contribution is 6.24. The van der Waals surface area contributed by atoms with Gasteiger partial charge in [-0.25, -0.2) is 0 Å². The highest BCUT2D eigenvalue weighted by atomic mass is 16.5. The number of hydrogen-bond donors (Lipinski definition) is 2. The lowest BCUT2D eigenvalue weighted by atomic mass is 9.78. The van der Waals surface area contributed by atoms with Crippen molar-refractivity contribution in [3.63, 3.8) is 0 Å². The second kappa shape index (κ2) is 7.64. The summed E-state index contributed by atoms with van der Waals surface area (Å²) in [5.41, 5.74) is 5.15. The molecular formula is C22H31NO4. The average Bonchev–Trinajstić information content (AvgIpc) is 2.86. The normalized spacial score (nSPS) is 25.4. The van der Waals surface area contributed by atoms with Crippen LogP contribution in [-0.4, -0.2) is 43.0 Å². The number of benzene rings is 1. The van der Waals surface area contributed by atoms with Crippen molar-refractivity contribution in [2.24, 2.45) is 0 Å². The Kier molecular flexibility index (Phi) is 5.63.